The molecule has 21 heavy (non-hydrogen) atoms. The second kappa shape index (κ2) is 4.85. The lowest BCUT2D eigenvalue weighted by atomic mass is 10.1. The Morgan fingerprint density at radius 1 is 1.48 bits per heavy atom. The maximum Gasteiger partial charge on any atom is 0.365 e. The van der Waals surface area contributed by atoms with Gasteiger partial charge in [0.15, 0.2) is 6.10 Å². The quantitative estimate of drug-likeness (QED) is 0.920. The van der Waals surface area contributed by atoms with Crippen molar-refractivity contribution in [2.75, 3.05) is 11.9 Å². The Morgan fingerprint density at radius 2 is 2.24 bits per heavy atom. The molecule has 2 heterocycles. The van der Waals surface area contributed by atoms with Gasteiger partial charge in [0, 0.05) is 18.0 Å². The van der Waals surface area contributed by atoms with Crippen LogP contribution in [0.25, 0.3) is 11.3 Å². The van der Waals surface area contributed by atoms with Gasteiger partial charge in [0.25, 0.3) is 5.91 Å². The van der Waals surface area contributed by atoms with Crippen LogP contribution < -0.4 is 9.64 Å². The van der Waals surface area contributed by atoms with Crippen LogP contribution >= 0.6 is 11.3 Å². The molecule has 1 amide bonds. The van der Waals surface area contributed by atoms with E-state index in [-0.39, 0.29) is 10.9 Å². The molecule has 0 saturated carbocycles. The van der Waals surface area contributed by atoms with Gasteiger partial charge in [-0.25, -0.2) is 9.78 Å². The first kappa shape index (κ1) is 13.6. The van der Waals surface area contributed by atoms with E-state index in [1.807, 2.05) is 0 Å². The SMILES string of the molecule is CC1Oc2ccc(-c3csc(C(=O)O)n3)cc2N(C)C1=O. The summed E-state index contributed by atoms with van der Waals surface area (Å²) in [5.74, 6) is -0.542. The Morgan fingerprint density at radius 3 is 2.90 bits per heavy atom. The molecule has 0 fully saturated rings. The Labute approximate surface area is 124 Å². The van der Waals surface area contributed by atoms with Gasteiger partial charge in [0.2, 0.25) is 5.01 Å². The predicted octanol–water partition coefficient (Wildman–Crippen LogP) is 2.25. The molecule has 0 aliphatic carbocycles. The lowest BCUT2D eigenvalue weighted by Crippen LogP contribution is -2.41. The molecule has 0 bridgehead atoms. The van der Waals surface area contributed by atoms with E-state index in [9.17, 15) is 9.59 Å². The van der Waals surface area contributed by atoms with Crippen molar-refractivity contribution in [2.45, 2.75) is 13.0 Å². The number of likely N-dealkylation sites (N-methyl/N-ethyl adjacent to an activating group) is 1. The number of fused-ring (bicyclic) bond motifs is 1. The number of hydrogen-bond acceptors (Lipinski definition) is 5. The zero-order valence-electron chi connectivity index (χ0n) is 11.4. The van der Waals surface area contributed by atoms with Crippen LogP contribution in [0.2, 0.25) is 0 Å². The predicted molar refractivity (Wildman–Crippen MR) is 78.0 cm³/mol. The smallest absolute Gasteiger partial charge is 0.365 e. The van der Waals surface area contributed by atoms with E-state index in [1.165, 1.54) is 4.90 Å². The minimum absolute atomic E-state index is 0.0389. The van der Waals surface area contributed by atoms with Crippen LogP contribution in [-0.2, 0) is 4.79 Å². The van der Waals surface area contributed by atoms with E-state index in [4.69, 9.17) is 9.84 Å². The Balaban J connectivity index is 2.03. The van der Waals surface area contributed by atoms with Crippen molar-refractivity contribution in [1.82, 2.24) is 4.98 Å². The second-order valence-corrected chi connectivity index (χ2v) is 5.54. The molecule has 1 aromatic carbocycles. The number of nitrogens with zero attached hydrogens (tertiary/aromatic N) is 2. The fourth-order valence-electron chi connectivity index (χ4n) is 2.18. The number of amides is 1. The first-order valence-corrected chi connectivity index (χ1v) is 7.13. The molecule has 3 rings (SSSR count). The summed E-state index contributed by atoms with van der Waals surface area (Å²) in [6.45, 7) is 1.70. The van der Waals surface area contributed by atoms with E-state index in [0.717, 1.165) is 16.9 Å². The van der Waals surface area contributed by atoms with Gasteiger partial charge >= 0.3 is 5.97 Å². The number of rotatable bonds is 2. The van der Waals surface area contributed by atoms with Gasteiger partial charge in [0.1, 0.15) is 5.75 Å². The number of hydrogen-bond donors (Lipinski definition) is 1. The molecule has 108 valence electrons. The first-order chi connectivity index (χ1) is 9.97. The number of aromatic carboxylic acids is 1. The van der Waals surface area contributed by atoms with Gasteiger partial charge in [0.05, 0.1) is 11.4 Å². The largest absolute Gasteiger partial charge is 0.479 e. The first-order valence-electron chi connectivity index (χ1n) is 6.25. The monoisotopic (exact) mass is 304 g/mol. The summed E-state index contributed by atoms with van der Waals surface area (Å²) in [6, 6.07) is 5.35. The molecule has 1 aliphatic heterocycles. The minimum atomic E-state index is -1.05. The van der Waals surface area contributed by atoms with E-state index >= 15 is 0 Å². The number of carbonyl (C=O) groups is 2. The summed E-state index contributed by atoms with van der Waals surface area (Å²) in [7, 11) is 1.69. The van der Waals surface area contributed by atoms with Gasteiger partial charge in [-0.1, -0.05) is 0 Å². The molecule has 7 heteroatoms. The zero-order chi connectivity index (χ0) is 15.1. The van der Waals surface area contributed by atoms with Crippen LogP contribution in [0.15, 0.2) is 23.6 Å². The topological polar surface area (TPSA) is 79.7 Å². The summed E-state index contributed by atoms with van der Waals surface area (Å²) in [6.07, 6.45) is -0.508. The highest BCUT2D eigenvalue weighted by molar-refractivity contribution is 7.11. The number of benzene rings is 1. The molecule has 1 aromatic heterocycles. The van der Waals surface area contributed by atoms with Crippen molar-refractivity contribution < 1.29 is 19.4 Å². The number of anilines is 1. The molecule has 0 saturated heterocycles. The zero-order valence-corrected chi connectivity index (χ0v) is 12.2. The lowest BCUT2D eigenvalue weighted by Gasteiger charge is -2.30. The third-order valence-electron chi connectivity index (χ3n) is 3.29. The molecule has 1 N–H and O–H groups in total. The Hall–Kier alpha value is -2.41. The van der Waals surface area contributed by atoms with Crippen LogP contribution in [0.1, 0.15) is 16.7 Å². The van der Waals surface area contributed by atoms with E-state index in [1.54, 1.807) is 37.6 Å². The highest BCUT2D eigenvalue weighted by Gasteiger charge is 2.29. The van der Waals surface area contributed by atoms with Crippen molar-refractivity contribution in [1.29, 1.82) is 0 Å². The summed E-state index contributed by atoms with van der Waals surface area (Å²) >= 11 is 1.07. The van der Waals surface area contributed by atoms with Gasteiger partial charge in [-0.05, 0) is 25.1 Å². The van der Waals surface area contributed by atoms with Gasteiger partial charge in [-0.3, -0.25) is 4.79 Å². The molecular formula is C14H12N2O4S. The fourth-order valence-corrected chi connectivity index (χ4v) is 2.84. The number of thiazole rings is 1. The maximum atomic E-state index is 11.9. The van der Waals surface area contributed by atoms with Crippen molar-refractivity contribution in [3.63, 3.8) is 0 Å². The maximum absolute atomic E-state index is 11.9. The molecule has 6 nitrogen and oxygen atoms in total. The normalized spacial score (nSPS) is 17.3. The van der Waals surface area contributed by atoms with Crippen LogP contribution in [0.5, 0.6) is 5.75 Å². The number of carboxylic acid groups (broad SMARTS) is 1. The summed E-state index contributed by atoms with van der Waals surface area (Å²) < 4.78 is 5.55. The van der Waals surface area contributed by atoms with Crippen LogP contribution in [0.3, 0.4) is 0 Å². The molecule has 0 spiro atoms. The Kier molecular flexibility index (Phi) is 3.13. The van der Waals surface area contributed by atoms with Gasteiger partial charge < -0.3 is 14.7 Å². The number of carboxylic acids is 1. The third kappa shape index (κ3) is 2.25. The molecule has 0 radical (unpaired) electrons. The molecule has 1 unspecified atom stereocenters. The van der Waals surface area contributed by atoms with Crippen molar-refractivity contribution in [3.8, 4) is 17.0 Å². The van der Waals surface area contributed by atoms with E-state index in [2.05, 4.69) is 4.98 Å². The van der Waals surface area contributed by atoms with Crippen molar-refractivity contribution in [3.05, 3.63) is 28.6 Å². The standard InChI is InChI=1S/C14H12N2O4S/c1-7-13(17)16(2)10-5-8(3-4-11(10)20-7)9-6-21-12(15-9)14(18)19/h3-7H,1-2H3,(H,18,19). The summed E-state index contributed by atoms with van der Waals surface area (Å²) in [5, 5.41) is 10.6. The molecule has 1 aliphatic rings. The van der Waals surface area contributed by atoms with Gasteiger partial charge in [-0.15, -0.1) is 11.3 Å². The van der Waals surface area contributed by atoms with Crippen LogP contribution in [0, 0.1) is 0 Å². The number of carbonyl (C=O) groups excluding carboxylic acids is 1. The average Bonchev–Trinajstić information content (AvgIpc) is 2.95. The molecule has 2 aromatic rings. The van der Waals surface area contributed by atoms with Crippen molar-refractivity contribution in [2.24, 2.45) is 0 Å². The number of ether oxygens (including phenoxy) is 1. The van der Waals surface area contributed by atoms with Gasteiger partial charge in [-0.2, -0.15) is 0 Å². The van der Waals surface area contributed by atoms with E-state index < -0.39 is 12.1 Å². The second-order valence-electron chi connectivity index (χ2n) is 4.68. The lowest BCUT2D eigenvalue weighted by molar-refractivity contribution is -0.125. The number of aromatic nitrogens is 1. The summed E-state index contributed by atoms with van der Waals surface area (Å²) in [4.78, 5) is 28.4. The van der Waals surface area contributed by atoms with Crippen molar-refractivity contribution >= 4 is 28.9 Å². The fraction of sp³-hybridized carbons (Fsp3) is 0.214. The summed E-state index contributed by atoms with van der Waals surface area (Å²) in [5.41, 5.74) is 1.97. The Bertz CT molecular complexity index is 740. The average molecular weight is 304 g/mol. The third-order valence-corrected chi connectivity index (χ3v) is 4.12. The minimum Gasteiger partial charge on any atom is -0.479 e. The van der Waals surface area contributed by atoms with Crippen LogP contribution in [0.4, 0.5) is 5.69 Å². The molecular weight excluding hydrogens is 292 g/mol. The highest BCUT2D eigenvalue weighted by Crippen LogP contribution is 2.36. The van der Waals surface area contributed by atoms with Crippen LogP contribution in [-0.4, -0.2) is 35.1 Å². The highest BCUT2D eigenvalue weighted by atomic mass is 32.1. The van der Waals surface area contributed by atoms with E-state index in [0.29, 0.717) is 17.1 Å². The molecule has 1 atom stereocenters.